The standard InChI is InChI=1S/C16H20F3N3OS/c17-16(18,19)11-1-3-12(4-2-11)21-13-9-14(20-10-13)15(23)22-5-7-24-8-6-22/h1-4,13-14,20-21H,5-10H2/t13-,14-/m0/s1. The lowest BCUT2D eigenvalue weighted by Gasteiger charge is -2.28. The Morgan fingerprint density at radius 1 is 1.21 bits per heavy atom. The van der Waals surface area contributed by atoms with Crippen molar-refractivity contribution in [3.63, 3.8) is 0 Å². The molecule has 1 amide bonds. The summed E-state index contributed by atoms with van der Waals surface area (Å²) in [5.41, 5.74) is -0.0223. The van der Waals surface area contributed by atoms with Crippen LogP contribution < -0.4 is 10.6 Å². The number of hydrogen-bond donors (Lipinski definition) is 2. The molecule has 8 heteroatoms. The van der Waals surface area contributed by atoms with Crippen LogP contribution in [0.2, 0.25) is 0 Å². The Balaban J connectivity index is 1.53. The number of carbonyl (C=O) groups is 1. The summed E-state index contributed by atoms with van der Waals surface area (Å²) in [6.45, 7) is 2.21. The van der Waals surface area contributed by atoms with Gasteiger partial charge in [-0.1, -0.05) is 0 Å². The highest BCUT2D eigenvalue weighted by atomic mass is 32.2. The van der Waals surface area contributed by atoms with Crippen LogP contribution in [0.25, 0.3) is 0 Å². The first-order valence-corrected chi connectivity index (χ1v) is 9.12. The van der Waals surface area contributed by atoms with E-state index in [1.807, 2.05) is 16.7 Å². The van der Waals surface area contributed by atoms with Crippen LogP contribution in [0, 0.1) is 0 Å². The van der Waals surface area contributed by atoms with Crippen LogP contribution in [0.3, 0.4) is 0 Å². The number of thioether (sulfide) groups is 1. The molecule has 132 valence electrons. The number of alkyl halides is 3. The van der Waals surface area contributed by atoms with E-state index in [9.17, 15) is 18.0 Å². The molecule has 2 aliphatic rings. The zero-order valence-corrected chi connectivity index (χ0v) is 13.9. The number of benzene rings is 1. The lowest BCUT2D eigenvalue weighted by atomic mass is 10.1. The average molecular weight is 359 g/mol. The van der Waals surface area contributed by atoms with Crippen molar-refractivity contribution in [2.75, 3.05) is 36.5 Å². The lowest BCUT2D eigenvalue weighted by molar-refractivity contribution is -0.137. The Labute approximate surface area is 143 Å². The van der Waals surface area contributed by atoms with Crippen molar-refractivity contribution in [1.82, 2.24) is 10.2 Å². The van der Waals surface area contributed by atoms with E-state index in [0.29, 0.717) is 18.7 Å². The molecular weight excluding hydrogens is 339 g/mol. The van der Waals surface area contributed by atoms with E-state index in [1.54, 1.807) is 0 Å². The van der Waals surface area contributed by atoms with Crippen LogP contribution in [0.1, 0.15) is 12.0 Å². The number of hydrogen-bond acceptors (Lipinski definition) is 4. The third kappa shape index (κ3) is 4.16. The van der Waals surface area contributed by atoms with Crippen LogP contribution in [0.15, 0.2) is 24.3 Å². The molecular formula is C16H20F3N3OS. The van der Waals surface area contributed by atoms with Gasteiger partial charge in [0.25, 0.3) is 0 Å². The molecule has 0 bridgehead atoms. The largest absolute Gasteiger partial charge is 0.416 e. The number of anilines is 1. The van der Waals surface area contributed by atoms with Gasteiger partial charge in [0.05, 0.1) is 11.6 Å². The van der Waals surface area contributed by atoms with E-state index in [0.717, 1.165) is 36.7 Å². The third-order valence-electron chi connectivity index (χ3n) is 4.33. The molecule has 0 aliphatic carbocycles. The van der Waals surface area contributed by atoms with Gasteiger partial charge in [0.15, 0.2) is 0 Å². The van der Waals surface area contributed by atoms with Crippen molar-refractivity contribution in [3.8, 4) is 0 Å². The van der Waals surface area contributed by atoms with Crippen molar-refractivity contribution in [2.45, 2.75) is 24.7 Å². The normalized spacial score (nSPS) is 24.9. The molecule has 2 atom stereocenters. The molecule has 2 N–H and O–H groups in total. The second-order valence-electron chi connectivity index (χ2n) is 6.05. The second-order valence-corrected chi connectivity index (χ2v) is 7.28. The minimum Gasteiger partial charge on any atom is -0.381 e. The predicted molar refractivity (Wildman–Crippen MR) is 89.2 cm³/mol. The molecule has 0 radical (unpaired) electrons. The maximum Gasteiger partial charge on any atom is 0.416 e. The molecule has 0 unspecified atom stereocenters. The summed E-state index contributed by atoms with van der Waals surface area (Å²) in [6, 6.07) is 4.83. The van der Waals surface area contributed by atoms with Crippen LogP contribution in [0.4, 0.5) is 18.9 Å². The molecule has 4 nitrogen and oxygen atoms in total. The van der Waals surface area contributed by atoms with E-state index in [1.165, 1.54) is 12.1 Å². The van der Waals surface area contributed by atoms with E-state index in [2.05, 4.69) is 10.6 Å². The Morgan fingerprint density at radius 2 is 1.88 bits per heavy atom. The maximum absolute atomic E-state index is 12.6. The summed E-state index contributed by atoms with van der Waals surface area (Å²) in [6.07, 6.45) is -3.68. The van der Waals surface area contributed by atoms with Crippen molar-refractivity contribution in [1.29, 1.82) is 0 Å². The van der Waals surface area contributed by atoms with E-state index < -0.39 is 11.7 Å². The topological polar surface area (TPSA) is 44.4 Å². The molecule has 2 fully saturated rings. The second kappa shape index (κ2) is 7.23. The smallest absolute Gasteiger partial charge is 0.381 e. The molecule has 1 aromatic carbocycles. The minimum atomic E-state index is -4.32. The summed E-state index contributed by atoms with van der Waals surface area (Å²) < 4.78 is 37.7. The van der Waals surface area contributed by atoms with Gasteiger partial charge in [-0.2, -0.15) is 24.9 Å². The van der Waals surface area contributed by atoms with Gasteiger partial charge in [0.1, 0.15) is 0 Å². The summed E-state index contributed by atoms with van der Waals surface area (Å²) in [7, 11) is 0. The molecule has 2 heterocycles. The third-order valence-corrected chi connectivity index (χ3v) is 5.28. The van der Waals surface area contributed by atoms with Crippen molar-refractivity contribution in [2.24, 2.45) is 0 Å². The van der Waals surface area contributed by atoms with Crippen molar-refractivity contribution in [3.05, 3.63) is 29.8 Å². The fourth-order valence-electron chi connectivity index (χ4n) is 3.03. The molecule has 0 spiro atoms. The zero-order chi connectivity index (χ0) is 17.2. The van der Waals surface area contributed by atoms with Gasteiger partial charge < -0.3 is 15.5 Å². The molecule has 0 aromatic heterocycles. The molecule has 2 aliphatic heterocycles. The Hall–Kier alpha value is -1.41. The maximum atomic E-state index is 12.6. The predicted octanol–water partition coefficient (Wildman–Crippen LogP) is 2.42. The van der Waals surface area contributed by atoms with Gasteiger partial charge in [0.2, 0.25) is 5.91 Å². The Bertz CT molecular complexity index is 573. The Morgan fingerprint density at radius 3 is 2.50 bits per heavy atom. The Kier molecular flexibility index (Phi) is 5.24. The number of nitrogens with zero attached hydrogens (tertiary/aromatic N) is 1. The first-order chi connectivity index (χ1) is 11.4. The fourth-order valence-corrected chi connectivity index (χ4v) is 3.93. The first-order valence-electron chi connectivity index (χ1n) is 7.97. The number of amides is 1. The van der Waals surface area contributed by atoms with Crippen LogP contribution in [-0.4, -0.2) is 54.0 Å². The van der Waals surface area contributed by atoms with E-state index in [-0.39, 0.29) is 18.0 Å². The molecule has 3 rings (SSSR count). The van der Waals surface area contributed by atoms with E-state index in [4.69, 9.17) is 0 Å². The number of nitrogens with one attached hydrogen (secondary N) is 2. The monoisotopic (exact) mass is 359 g/mol. The highest BCUT2D eigenvalue weighted by Crippen LogP contribution is 2.30. The lowest BCUT2D eigenvalue weighted by Crippen LogP contribution is -2.46. The van der Waals surface area contributed by atoms with Gasteiger partial charge in [-0.3, -0.25) is 4.79 Å². The van der Waals surface area contributed by atoms with Crippen molar-refractivity contribution < 1.29 is 18.0 Å². The number of halogens is 3. The molecule has 1 aromatic rings. The van der Waals surface area contributed by atoms with Gasteiger partial charge in [0, 0.05) is 42.9 Å². The molecule has 2 saturated heterocycles. The zero-order valence-electron chi connectivity index (χ0n) is 13.1. The van der Waals surface area contributed by atoms with Crippen LogP contribution in [0.5, 0.6) is 0 Å². The SMILES string of the molecule is O=C([C@@H]1C[C@H](Nc2ccc(C(F)(F)F)cc2)CN1)N1CCSCC1. The quantitative estimate of drug-likeness (QED) is 0.870. The number of rotatable bonds is 3. The highest BCUT2D eigenvalue weighted by Gasteiger charge is 2.33. The fraction of sp³-hybridized carbons (Fsp3) is 0.562. The summed E-state index contributed by atoms with van der Waals surface area (Å²) in [5, 5.41) is 6.42. The van der Waals surface area contributed by atoms with Gasteiger partial charge >= 0.3 is 6.18 Å². The average Bonchev–Trinajstić information content (AvgIpc) is 3.03. The van der Waals surface area contributed by atoms with Gasteiger partial charge in [-0.15, -0.1) is 0 Å². The first kappa shape index (κ1) is 17.4. The van der Waals surface area contributed by atoms with Gasteiger partial charge in [-0.05, 0) is 30.7 Å². The summed E-state index contributed by atoms with van der Waals surface area (Å²) in [4.78, 5) is 14.4. The van der Waals surface area contributed by atoms with E-state index >= 15 is 0 Å². The molecule has 24 heavy (non-hydrogen) atoms. The molecule has 0 saturated carbocycles. The van der Waals surface area contributed by atoms with Crippen LogP contribution >= 0.6 is 11.8 Å². The van der Waals surface area contributed by atoms with Crippen molar-refractivity contribution >= 4 is 23.4 Å². The summed E-state index contributed by atoms with van der Waals surface area (Å²) >= 11 is 1.86. The highest BCUT2D eigenvalue weighted by molar-refractivity contribution is 7.99. The van der Waals surface area contributed by atoms with Crippen LogP contribution in [-0.2, 0) is 11.0 Å². The minimum absolute atomic E-state index is 0.0369. The summed E-state index contributed by atoms with van der Waals surface area (Å²) in [5.74, 6) is 2.09. The van der Waals surface area contributed by atoms with Gasteiger partial charge in [-0.25, -0.2) is 0 Å². The number of carbonyl (C=O) groups excluding carboxylic acids is 1.